The predicted octanol–water partition coefficient (Wildman–Crippen LogP) is 7.58. The number of nitrogens with zero attached hydrogens (tertiary/aromatic N) is 1. The molecule has 0 aromatic heterocycles. The zero-order valence-electron chi connectivity index (χ0n) is 15.8. The molecule has 4 nitrogen and oxygen atoms in total. The average Bonchev–Trinajstić information content (AvgIpc) is 3.03. The number of rotatable bonds is 5. The summed E-state index contributed by atoms with van der Waals surface area (Å²) in [6.07, 6.45) is 1.70. The second-order valence-corrected chi connectivity index (χ2v) is 9.24. The number of halogens is 3. The fourth-order valence-corrected chi connectivity index (χ4v) is 4.61. The lowest BCUT2D eigenvalue weighted by Crippen LogP contribution is -2.27. The zero-order chi connectivity index (χ0) is 22.0. The molecule has 0 spiro atoms. The lowest BCUT2D eigenvalue weighted by Gasteiger charge is -2.11. The molecule has 0 aliphatic carbocycles. The van der Waals surface area contributed by atoms with Crippen LogP contribution >= 0.6 is 50.9 Å². The number of hydrogen-bond donors (Lipinski definition) is 0. The molecular weight excluding hydrogens is 521 g/mol. The lowest BCUT2D eigenvalue weighted by atomic mass is 10.2. The number of carbonyl (C=O) groups excluding carboxylic acids is 2. The highest BCUT2D eigenvalue weighted by atomic mass is 79.9. The summed E-state index contributed by atoms with van der Waals surface area (Å²) >= 11 is 16.4. The van der Waals surface area contributed by atoms with Gasteiger partial charge in [-0.1, -0.05) is 53.5 Å². The Morgan fingerprint density at radius 3 is 2.45 bits per heavy atom. The fraction of sp³-hybridized carbons (Fsp3) is 0.0435. The largest absolute Gasteiger partial charge is 0.488 e. The summed E-state index contributed by atoms with van der Waals surface area (Å²) in [5.41, 5.74) is 2.22. The van der Waals surface area contributed by atoms with Crippen LogP contribution in [0.25, 0.3) is 6.08 Å². The van der Waals surface area contributed by atoms with Gasteiger partial charge in [-0.2, -0.15) is 0 Å². The molecule has 0 N–H and O–H groups in total. The van der Waals surface area contributed by atoms with Crippen LogP contribution < -0.4 is 9.64 Å². The molecule has 31 heavy (non-hydrogen) atoms. The SMILES string of the molecule is O=C1S/C(=C\c2ccc(OCc3ccc(Cl)c(Cl)c3)c(Br)c2)C(=O)N1c1ccccc1. The molecule has 1 saturated heterocycles. The van der Waals surface area contributed by atoms with E-state index in [1.54, 1.807) is 48.5 Å². The number of para-hydroxylation sites is 1. The molecule has 0 radical (unpaired) electrons. The first-order valence-electron chi connectivity index (χ1n) is 9.11. The van der Waals surface area contributed by atoms with E-state index < -0.39 is 0 Å². The van der Waals surface area contributed by atoms with E-state index in [4.69, 9.17) is 27.9 Å². The summed E-state index contributed by atoms with van der Waals surface area (Å²) in [6, 6.07) is 19.7. The molecule has 0 bridgehead atoms. The van der Waals surface area contributed by atoms with E-state index in [9.17, 15) is 9.59 Å². The van der Waals surface area contributed by atoms with Gasteiger partial charge in [0, 0.05) is 0 Å². The van der Waals surface area contributed by atoms with E-state index in [2.05, 4.69) is 15.9 Å². The standard InChI is InChI=1S/C23H14BrCl2NO3S/c24-17-10-14(7-9-20(17)30-13-15-6-8-18(25)19(26)11-15)12-21-22(28)27(23(29)31-21)16-4-2-1-3-5-16/h1-12H,13H2/b21-12-. The molecular formula is C23H14BrCl2NO3S. The Morgan fingerprint density at radius 2 is 1.74 bits per heavy atom. The Morgan fingerprint density at radius 1 is 0.968 bits per heavy atom. The number of hydrogen-bond acceptors (Lipinski definition) is 4. The van der Waals surface area contributed by atoms with E-state index in [-0.39, 0.29) is 11.1 Å². The van der Waals surface area contributed by atoms with Gasteiger partial charge in [0.05, 0.1) is 25.1 Å². The van der Waals surface area contributed by atoms with Crippen LogP contribution in [0.5, 0.6) is 5.75 Å². The Kier molecular flexibility index (Phi) is 6.72. The van der Waals surface area contributed by atoms with Crippen molar-refractivity contribution in [3.8, 4) is 5.75 Å². The van der Waals surface area contributed by atoms with Crippen molar-refractivity contribution in [2.45, 2.75) is 6.61 Å². The number of benzene rings is 3. The van der Waals surface area contributed by atoms with Crippen LogP contribution in [-0.4, -0.2) is 11.1 Å². The minimum absolute atomic E-state index is 0.317. The molecule has 3 aromatic rings. The van der Waals surface area contributed by atoms with Gasteiger partial charge in [-0.25, -0.2) is 4.90 Å². The van der Waals surface area contributed by atoms with Gasteiger partial charge < -0.3 is 4.74 Å². The lowest BCUT2D eigenvalue weighted by molar-refractivity contribution is -0.113. The van der Waals surface area contributed by atoms with Crippen molar-refractivity contribution < 1.29 is 14.3 Å². The van der Waals surface area contributed by atoms with Gasteiger partial charge in [0.2, 0.25) is 0 Å². The quantitative estimate of drug-likeness (QED) is 0.316. The summed E-state index contributed by atoms with van der Waals surface area (Å²) in [5.74, 6) is 0.304. The van der Waals surface area contributed by atoms with Crippen molar-refractivity contribution in [3.63, 3.8) is 0 Å². The normalized spacial score (nSPS) is 15.1. The number of ether oxygens (including phenoxy) is 1. The van der Waals surface area contributed by atoms with E-state index in [1.165, 1.54) is 4.90 Å². The summed E-state index contributed by atoms with van der Waals surface area (Å²) in [7, 11) is 0. The van der Waals surface area contributed by atoms with Crippen molar-refractivity contribution in [1.29, 1.82) is 0 Å². The topological polar surface area (TPSA) is 46.6 Å². The van der Waals surface area contributed by atoms with Crippen LogP contribution in [0.2, 0.25) is 10.0 Å². The van der Waals surface area contributed by atoms with Gasteiger partial charge in [0.25, 0.3) is 11.1 Å². The fourth-order valence-electron chi connectivity index (χ4n) is 2.93. The van der Waals surface area contributed by atoms with Crippen LogP contribution in [0, 0.1) is 0 Å². The van der Waals surface area contributed by atoms with Gasteiger partial charge in [0.1, 0.15) is 12.4 Å². The Balaban J connectivity index is 1.49. The molecule has 1 aliphatic heterocycles. The van der Waals surface area contributed by atoms with Gasteiger partial charge in [-0.05, 0) is 81.3 Å². The highest BCUT2D eigenvalue weighted by Crippen LogP contribution is 2.36. The molecule has 1 fully saturated rings. The average molecular weight is 535 g/mol. The molecule has 3 aromatic carbocycles. The maximum absolute atomic E-state index is 12.7. The number of anilines is 1. The Labute approximate surface area is 201 Å². The maximum Gasteiger partial charge on any atom is 0.298 e. The van der Waals surface area contributed by atoms with Crippen molar-refractivity contribution >= 4 is 73.8 Å². The smallest absolute Gasteiger partial charge is 0.298 e. The van der Waals surface area contributed by atoms with Gasteiger partial charge >= 0.3 is 0 Å². The van der Waals surface area contributed by atoms with Crippen LogP contribution in [0.3, 0.4) is 0 Å². The van der Waals surface area contributed by atoms with Crippen LogP contribution in [-0.2, 0) is 11.4 Å². The number of thioether (sulfide) groups is 1. The second-order valence-electron chi connectivity index (χ2n) is 6.58. The Bertz CT molecular complexity index is 1200. The van der Waals surface area contributed by atoms with E-state index in [1.807, 2.05) is 24.3 Å². The predicted molar refractivity (Wildman–Crippen MR) is 130 cm³/mol. The molecule has 0 atom stereocenters. The van der Waals surface area contributed by atoms with Gasteiger partial charge in [-0.3, -0.25) is 9.59 Å². The minimum atomic E-state index is -0.336. The summed E-state index contributed by atoms with van der Waals surface area (Å²) in [4.78, 5) is 26.6. The third-order valence-electron chi connectivity index (χ3n) is 4.44. The third-order valence-corrected chi connectivity index (χ3v) is 6.67. The molecule has 0 unspecified atom stereocenters. The molecule has 1 heterocycles. The molecule has 2 amide bonds. The van der Waals surface area contributed by atoms with Crippen LogP contribution in [0.15, 0.2) is 76.1 Å². The van der Waals surface area contributed by atoms with E-state index in [0.717, 1.165) is 27.4 Å². The molecule has 156 valence electrons. The molecule has 1 aliphatic rings. The number of amides is 2. The van der Waals surface area contributed by atoms with E-state index >= 15 is 0 Å². The molecule has 0 saturated carbocycles. The summed E-state index contributed by atoms with van der Waals surface area (Å²) < 4.78 is 6.58. The minimum Gasteiger partial charge on any atom is -0.488 e. The van der Waals surface area contributed by atoms with E-state index in [0.29, 0.717) is 33.0 Å². The summed E-state index contributed by atoms with van der Waals surface area (Å²) in [5, 5.41) is 0.650. The maximum atomic E-state index is 12.7. The first-order valence-corrected chi connectivity index (χ1v) is 11.5. The van der Waals surface area contributed by atoms with Gasteiger partial charge in [0.15, 0.2) is 0 Å². The van der Waals surface area contributed by atoms with Crippen molar-refractivity contribution in [2.24, 2.45) is 0 Å². The third kappa shape index (κ3) is 4.99. The Hall–Kier alpha value is -2.25. The first-order chi connectivity index (χ1) is 14.9. The number of carbonyl (C=O) groups is 2. The van der Waals surface area contributed by atoms with Crippen molar-refractivity contribution in [2.75, 3.05) is 4.90 Å². The highest BCUT2D eigenvalue weighted by molar-refractivity contribution is 9.10. The summed E-state index contributed by atoms with van der Waals surface area (Å²) in [6.45, 7) is 0.324. The van der Waals surface area contributed by atoms with Crippen molar-refractivity contribution in [3.05, 3.63) is 97.3 Å². The molecule has 4 rings (SSSR count). The zero-order valence-corrected chi connectivity index (χ0v) is 19.8. The van der Waals surface area contributed by atoms with Crippen molar-refractivity contribution in [1.82, 2.24) is 0 Å². The molecule has 8 heteroatoms. The van der Waals surface area contributed by atoms with Crippen LogP contribution in [0.4, 0.5) is 10.5 Å². The monoisotopic (exact) mass is 533 g/mol. The first kappa shape index (κ1) is 22.0. The van der Waals surface area contributed by atoms with Crippen LogP contribution in [0.1, 0.15) is 11.1 Å². The van der Waals surface area contributed by atoms with Gasteiger partial charge in [-0.15, -0.1) is 0 Å². The highest BCUT2D eigenvalue weighted by Gasteiger charge is 2.36. The second kappa shape index (κ2) is 9.49. The number of imide groups is 1.